The molecule has 7 heteroatoms. The van der Waals surface area contributed by atoms with Gasteiger partial charge in [-0.25, -0.2) is 4.98 Å². The van der Waals surface area contributed by atoms with Crippen molar-refractivity contribution < 1.29 is 4.52 Å². The Hall–Kier alpha value is -2.25. The molecular weight excluding hydrogens is 310 g/mol. The lowest BCUT2D eigenvalue weighted by atomic mass is 10.3. The standard InChI is InChI=1S/C16H17N5OS/c1-2-5-17-14(3-1)21-8-6-20(7-9-21)11-15-18-16(19-22-15)13-4-10-23-12-13/h1-5,10,12H,6-9,11H2. The van der Waals surface area contributed by atoms with Crippen LogP contribution in [0.5, 0.6) is 0 Å². The predicted molar refractivity (Wildman–Crippen MR) is 89.3 cm³/mol. The van der Waals surface area contributed by atoms with Gasteiger partial charge >= 0.3 is 0 Å². The van der Waals surface area contributed by atoms with Gasteiger partial charge in [0.25, 0.3) is 0 Å². The second-order valence-corrected chi connectivity index (χ2v) is 6.25. The monoisotopic (exact) mass is 327 g/mol. The third-order valence-corrected chi connectivity index (χ3v) is 4.64. The van der Waals surface area contributed by atoms with Gasteiger partial charge in [0.15, 0.2) is 0 Å². The predicted octanol–water partition coefficient (Wildman–Crippen LogP) is 2.52. The molecule has 1 fully saturated rings. The summed E-state index contributed by atoms with van der Waals surface area (Å²) in [5.74, 6) is 2.40. The minimum Gasteiger partial charge on any atom is -0.354 e. The van der Waals surface area contributed by atoms with Crippen molar-refractivity contribution in [1.29, 1.82) is 0 Å². The van der Waals surface area contributed by atoms with Gasteiger partial charge in [0.2, 0.25) is 11.7 Å². The first-order chi connectivity index (χ1) is 11.4. The van der Waals surface area contributed by atoms with Gasteiger partial charge in [-0.05, 0) is 23.6 Å². The summed E-state index contributed by atoms with van der Waals surface area (Å²) < 4.78 is 5.38. The number of pyridine rings is 1. The minimum absolute atomic E-state index is 0.674. The maximum absolute atomic E-state index is 5.38. The van der Waals surface area contributed by atoms with Crippen molar-refractivity contribution in [2.75, 3.05) is 31.1 Å². The van der Waals surface area contributed by atoms with Crippen LogP contribution in [-0.4, -0.2) is 46.2 Å². The second kappa shape index (κ2) is 6.47. The third-order valence-electron chi connectivity index (χ3n) is 3.95. The summed E-state index contributed by atoms with van der Waals surface area (Å²) >= 11 is 1.63. The van der Waals surface area contributed by atoms with E-state index in [4.69, 9.17) is 4.52 Å². The quantitative estimate of drug-likeness (QED) is 0.734. The Kier molecular flexibility index (Phi) is 4.04. The van der Waals surface area contributed by atoms with Gasteiger partial charge in [0.1, 0.15) is 5.82 Å². The van der Waals surface area contributed by atoms with E-state index >= 15 is 0 Å². The van der Waals surface area contributed by atoms with E-state index in [0.717, 1.165) is 37.6 Å². The van der Waals surface area contributed by atoms with Crippen LogP contribution in [0.15, 0.2) is 45.7 Å². The van der Waals surface area contributed by atoms with E-state index in [1.807, 2.05) is 35.2 Å². The van der Waals surface area contributed by atoms with Gasteiger partial charge < -0.3 is 9.42 Å². The first-order valence-corrected chi connectivity index (χ1v) is 8.56. The summed E-state index contributed by atoms with van der Waals surface area (Å²) in [5.41, 5.74) is 1.02. The fourth-order valence-corrected chi connectivity index (χ4v) is 3.33. The fourth-order valence-electron chi connectivity index (χ4n) is 2.70. The summed E-state index contributed by atoms with van der Waals surface area (Å²) in [6, 6.07) is 8.03. The average Bonchev–Trinajstić information content (AvgIpc) is 3.28. The Balaban J connectivity index is 1.35. The van der Waals surface area contributed by atoms with Crippen LogP contribution in [-0.2, 0) is 6.54 Å². The molecule has 0 aliphatic carbocycles. The molecule has 3 aromatic heterocycles. The first-order valence-electron chi connectivity index (χ1n) is 7.62. The highest BCUT2D eigenvalue weighted by molar-refractivity contribution is 7.08. The van der Waals surface area contributed by atoms with Crippen LogP contribution in [0.2, 0.25) is 0 Å². The smallest absolute Gasteiger partial charge is 0.241 e. The highest BCUT2D eigenvalue weighted by Crippen LogP contribution is 2.19. The van der Waals surface area contributed by atoms with Crippen molar-refractivity contribution in [3.8, 4) is 11.4 Å². The molecule has 4 heterocycles. The number of thiophene rings is 1. The molecule has 0 bridgehead atoms. The average molecular weight is 327 g/mol. The van der Waals surface area contributed by atoms with Crippen molar-refractivity contribution in [2.45, 2.75) is 6.54 Å². The summed E-state index contributed by atoms with van der Waals surface area (Å²) in [6.45, 7) is 4.55. The van der Waals surface area contributed by atoms with Gasteiger partial charge in [-0.3, -0.25) is 4.90 Å². The number of hydrogen-bond acceptors (Lipinski definition) is 7. The summed E-state index contributed by atoms with van der Waals surface area (Å²) in [4.78, 5) is 13.5. The van der Waals surface area contributed by atoms with Crippen LogP contribution in [0.3, 0.4) is 0 Å². The minimum atomic E-state index is 0.674. The molecule has 1 aliphatic rings. The summed E-state index contributed by atoms with van der Waals surface area (Å²) in [6.07, 6.45) is 1.84. The molecule has 0 aromatic carbocycles. The van der Waals surface area contributed by atoms with E-state index in [2.05, 4.69) is 31.0 Å². The molecule has 0 radical (unpaired) electrons. The molecule has 1 saturated heterocycles. The number of hydrogen-bond donors (Lipinski definition) is 0. The van der Waals surface area contributed by atoms with E-state index in [-0.39, 0.29) is 0 Å². The first kappa shape index (κ1) is 14.3. The van der Waals surface area contributed by atoms with Gasteiger partial charge in [-0.2, -0.15) is 16.3 Å². The number of aromatic nitrogens is 3. The van der Waals surface area contributed by atoms with Gasteiger partial charge in [0, 0.05) is 43.3 Å². The van der Waals surface area contributed by atoms with E-state index in [0.29, 0.717) is 18.3 Å². The van der Waals surface area contributed by atoms with Gasteiger partial charge in [0.05, 0.1) is 6.54 Å². The highest BCUT2D eigenvalue weighted by Gasteiger charge is 2.20. The van der Waals surface area contributed by atoms with Crippen LogP contribution in [0.25, 0.3) is 11.4 Å². The van der Waals surface area contributed by atoms with Crippen LogP contribution in [0.4, 0.5) is 5.82 Å². The van der Waals surface area contributed by atoms with Crippen molar-refractivity contribution in [3.05, 3.63) is 47.1 Å². The Morgan fingerprint density at radius 1 is 1.13 bits per heavy atom. The Labute approximate surface area is 138 Å². The molecule has 4 rings (SSSR count). The molecule has 23 heavy (non-hydrogen) atoms. The second-order valence-electron chi connectivity index (χ2n) is 5.47. The molecule has 118 valence electrons. The zero-order chi connectivity index (χ0) is 15.5. The fraction of sp³-hybridized carbons (Fsp3) is 0.312. The molecule has 6 nitrogen and oxygen atoms in total. The lowest BCUT2D eigenvalue weighted by Crippen LogP contribution is -2.46. The molecule has 0 atom stereocenters. The summed E-state index contributed by atoms with van der Waals surface area (Å²) in [5, 5.41) is 8.10. The van der Waals surface area contributed by atoms with Gasteiger partial charge in [-0.15, -0.1) is 0 Å². The highest BCUT2D eigenvalue weighted by atomic mass is 32.1. The zero-order valence-electron chi connectivity index (χ0n) is 12.6. The lowest BCUT2D eigenvalue weighted by molar-refractivity contribution is 0.215. The van der Waals surface area contributed by atoms with E-state index < -0.39 is 0 Å². The van der Waals surface area contributed by atoms with E-state index in [1.165, 1.54) is 0 Å². The van der Waals surface area contributed by atoms with Crippen LogP contribution in [0, 0.1) is 0 Å². The molecule has 0 N–H and O–H groups in total. The molecule has 3 aromatic rings. The number of nitrogens with zero attached hydrogens (tertiary/aromatic N) is 5. The van der Waals surface area contributed by atoms with Gasteiger partial charge in [-0.1, -0.05) is 11.2 Å². The van der Waals surface area contributed by atoms with Crippen LogP contribution in [0.1, 0.15) is 5.89 Å². The largest absolute Gasteiger partial charge is 0.354 e. The number of piperazine rings is 1. The topological polar surface area (TPSA) is 58.3 Å². The summed E-state index contributed by atoms with van der Waals surface area (Å²) in [7, 11) is 0. The Morgan fingerprint density at radius 3 is 2.78 bits per heavy atom. The lowest BCUT2D eigenvalue weighted by Gasteiger charge is -2.34. The maximum atomic E-state index is 5.38. The Morgan fingerprint density at radius 2 is 2.04 bits per heavy atom. The molecule has 0 saturated carbocycles. The number of rotatable bonds is 4. The van der Waals surface area contributed by atoms with Crippen molar-refractivity contribution in [2.24, 2.45) is 0 Å². The van der Waals surface area contributed by atoms with Crippen LogP contribution < -0.4 is 4.90 Å². The SMILES string of the molecule is c1ccc(N2CCN(Cc3nc(-c4ccsc4)no3)CC2)nc1. The normalized spacial score (nSPS) is 15.9. The third kappa shape index (κ3) is 3.25. The van der Waals surface area contributed by atoms with E-state index in [9.17, 15) is 0 Å². The van der Waals surface area contributed by atoms with Crippen LogP contribution >= 0.6 is 11.3 Å². The van der Waals surface area contributed by atoms with Crippen molar-refractivity contribution >= 4 is 17.2 Å². The molecule has 0 spiro atoms. The molecule has 0 unspecified atom stereocenters. The molecular formula is C16H17N5OS. The zero-order valence-corrected chi connectivity index (χ0v) is 13.4. The van der Waals surface area contributed by atoms with Crippen molar-refractivity contribution in [1.82, 2.24) is 20.0 Å². The molecule has 0 amide bonds. The van der Waals surface area contributed by atoms with Crippen molar-refractivity contribution in [3.63, 3.8) is 0 Å². The van der Waals surface area contributed by atoms with E-state index in [1.54, 1.807) is 11.3 Å². The number of anilines is 1. The Bertz CT molecular complexity index is 735. The maximum Gasteiger partial charge on any atom is 0.241 e. The molecule has 1 aliphatic heterocycles.